The van der Waals surface area contributed by atoms with Gasteiger partial charge in [-0.15, -0.1) is 0 Å². The molecule has 6 nitrogen and oxygen atoms in total. The van der Waals surface area contributed by atoms with Crippen LogP contribution < -0.4 is 11.1 Å². The number of hydrogen-bond donors (Lipinski definition) is 2. The first kappa shape index (κ1) is 15.9. The van der Waals surface area contributed by atoms with Crippen molar-refractivity contribution in [3.8, 4) is 0 Å². The smallest absolute Gasteiger partial charge is 0.243 e. The molecule has 0 atom stereocenters. The van der Waals surface area contributed by atoms with Gasteiger partial charge in [0.05, 0.1) is 4.90 Å². The van der Waals surface area contributed by atoms with Crippen molar-refractivity contribution in [3.05, 3.63) is 24.3 Å². The normalized spacial score (nSPS) is 16.6. The second-order valence-electron chi connectivity index (χ2n) is 5.08. The monoisotopic (exact) mass is 311 g/mol. The van der Waals surface area contributed by atoms with E-state index in [4.69, 9.17) is 5.73 Å². The van der Waals surface area contributed by atoms with Crippen LogP contribution in [0.15, 0.2) is 29.2 Å². The van der Waals surface area contributed by atoms with Crippen LogP contribution in [0.4, 0.5) is 5.69 Å². The Morgan fingerprint density at radius 2 is 1.95 bits per heavy atom. The Morgan fingerprint density at radius 1 is 1.24 bits per heavy atom. The standard InChI is InChI=1S/C14H21N3O3S/c15-8-7-14(18)16-12-5-4-6-13(11-12)21(19,20)17-9-2-1-3-10-17/h4-6,11H,1-3,7-10,15H2,(H,16,18). The number of benzene rings is 1. The van der Waals surface area contributed by atoms with E-state index in [1.165, 1.54) is 10.4 Å². The van der Waals surface area contributed by atoms with Crippen molar-refractivity contribution in [2.45, 2.75) is 30.6 Å². The Bertz CT molecular complexity index is 595. The summed E-state index contributed by atoms with van der Waals surface area (Å²) in [6, 6.07) is 6.36. The zero-order valence-electron chi connectivity index (χ0n) is 11.9. The van der Waals surface area contributed by atoms with E-state index in [9.17, 15) is 13.2 Å². The van der Waals surface area contributed by atoms with Gasteiger partial charge in [-0.3, -0.25) is 4.79 Å². The predicted octanol–water partition coefficient (Wildman–Crippen LogP) is 1.15. The maximum absolute atomic E-state index is 12.5. The number of nitrogens with two attached hydrogens (primary N) is 1. The minimum atomic E-state index is -3.48. The predicted molar refractivity (Wildman–Crippen MR) is 81.4 cm³/mol. The van der Waals surface area contributed by atoms with Crippen LogP contribution in [-0.4, -0.2) is 38.3 Å². The van der Waals surface area contributed by atoms with Gasteiger partial charge in [0.2, 0.25) is 15.9 Å². The number of amides is 1. The van der Waals surface area contributed by atoms with E-state index in [1.807, 2.05) is 0 Å². The third-order valence-corrected chi connectivity index (χ3v) is 5.34. The van der Waals surface area contributed by atoms with Gasteiger partial charge < -0.3 is 11.1 Å². The van der Waals surface area contributed by atoms with Crippen molar-refractivity contribution in [3.63, 3.8) is 0 Å². The number of sulfonamides is 1. The maximum atomic E-state index is 12.5. The molecule has 0 aliphatic carbocycles. The fourth-order valence-electron chi connectivity index (χ4n) is 2.34. The van der Waals surface area contributed by atoms with Gasteiger partial charge in [0.15, 0.2) is 0 Å². The minimum Gasteiger partial charge on any atom is -0.330 e. The van der Waals surface area contributed by atoms with Crippen LogP contribution in [0.2, 0.25) is 0 Å². The first-order chi connectivity index (χ1) is 10.0. The van der Waals surface area contributed by atoms with Crippen molar-refractivity contribution in [1.29, 1.82) is 0 Å². The number of anilines is 1. The van der Waals surface area contributed by atoms with Gasteiger partial charge in [0, 0.05) is 31.7 Å². The summed E-state index contributed by atoms with van der Waals surface area (Å²) in [5.74, 6) is -0.218. The van der Waals surface area contributed by atoms with E-state index in [0.29, 0.717) is 18.8 Å². The van der Waals surface area contributed by atoms with Crippen LogP contribution >= 0.6 is 0 Å². The molecule has 0 saturated carbocycles. The average molecular weight is 311 g/mol. The maximum Gasteiger partial charge on any atom is 0.243 e. The van der Waals surface area contributed by atoms with E-state index >= 15 is 0 Å². The fourth-order valence-corrected chi connectivity index (χ4v) is 3.91. The van der Waals surface area contributed by atoms with Gasteiger partial charge in [0.25, 0.3) is 0 Å². The molecule has 0 aromatic heterocycles. The lowest BCUT2D eigenvalue weighted by atomic mass is 10.2. The summed E-state index contributed by atoms with van der Waals surface area (Å²) in [6.07, 6.45) is 3.07. The number of piperidine rings is 1. The number of nitrogens with zero attached hydrogens (tertiary/aromatic N) is 1. The summed E-state index contributed by atoms with van der Waals surface area (Å²) in [5.41, 5.74) is 5.79. The van der Waals surface area contributed by atoms with Crippen molar-refractivity contribution in [2.24, 2.45) is 5.73 Å². The fraction of sp³-hybridized carbons (Fsp3) is 0.500. The molecular formula is C14H21N3O3S. The summed E-state index contributed by atoms with van der Waals surface area (Å²) < 4.78 is 26.6. The highest BCUT2D eigenvalue weighted by Gasteiger charge is 2.26. The van der Waals surface area contributed by atoms with Crippen molar-refractivity contribution in [1.82, 2.24) is 4.31 Å². The highest BCUT2D eigenvalue weighted by Crippen LogP contribution is 2.22. The summed E-state index contributed by atoms with van der Waals surface area (Å²) in [6.45, 7) is 1.38. The van der Waals surface area contributed by atoms with Crippen LogP contribution in [0.1, 0.15) is 25.7 Å². The lowest BCUT2D eigenvalue weighted by molar-refractivity contribution is -0.116. The third-order valence-electron chi connectivity index (χ3n) is 3.44. The molecule has 1 aromatic carbocycles. The Labute approximate surface area is 125 Å². The molecule has 0 spiro atoms. The van der Waals surface area contributed by atoms with E-state index < -0.39 is 10.0 Å². The molecule has 1 aliphatic rings. The zero-order chi connectivity index (χ0) is 15.3. The molecule has 0 bridgehead atoms. The number of hydrogen-bond acceptors (Lipinski definition) is 4. The SMILES string of the molecule is NCCC(=O)Nc1cccc(S(=O)(=O)N2CCCCC2)c1. The molecule has 7 heteroatoms. The number of carbonyl (C=O) groups excluding carboxylic acids is 1. The first-order valence-electron chi connectivity index (χ1n) is 7.14. The summed E-state index contributed by atoms with van der Waals surface area (Å²) in [5, 5.41) is 2.66. The lowest BCUT2D eigenvalue weighted by Gasteiger charge is -2.26. The number of carbonyl (C=O) groups is 1. The summed E-state index contributed by atoms with van der Waals surface area (Å²) >= 11 is 0. The van der Waals surface area contributed by atoms with Crippen LogP contribution in [0.25, 0.3) is 0 Å². The molecule has 1 aromatic rings. The second kappa shape index (κ2) is 7.02. The Hall–Kier alpha value is -1.44. The Balaban J connectivity index is 2.17. The van der Waals surface area contributed by atoms with E-state index in [0.717, 1.165) is 19.3 Å². The molecule has 0 radical (unpaired) electrons. The lowest BCUT2D eigenvalue weighted by Crippen LogP contribution is -2.35. The molecule has 1 aliphatic heterocycles. The van der Waals surface area contributed by atoms with Gasteiger partial charge in [0.1, 0.15) is 0 Å². The van der Waals surface area contributed by atoms with Gasteiger partial charge >= 0.3 is 0 Å². The largest absolute Gasteiger partial charge is 0.330 e. The molecule has 1 fully saturated rings. The van der Waals surface area contributed by atoms with E-state index in [1.54, 1.807) is 18.2 Å². The van der Waals surface area contributed by atoms with Gasteiger partial charge in [-0.25, -0.2) is 8.42 Å². The second-order valence-corrected chi connectivity index (χ2v) is 7.02. The molecular weight excluding hydrogens is 290 g/mol. The number of rotatable bonds is 5. The molecule has 0 unspecified atom stereocenters. The summed E-state index contributed by atoms with van der Waals surface area (Å²) in [4.78, 5) is 11.7. The Morgan fingerprint density at radius 3 is 2.62 bits per heavy atom. The van der Waals surface area contributed by atoms with Gasteiger partial charge in [-0.05, 0) is 31.0 Å². The van der Waals surface area contributed by atoms with Gasteiger partial charge in [-0.2, -0.15) is 4.31 Å². The average Bonchev–Trinajstić information content (AvgIpc) is 2.48. The van der Waals surface area contributed by atoms with Crippen LogP contribution in [0, 0.1) is 0 Å². The third kappa shape index (κ3) is 4.03. The van der Waals surface area contributed by atoms with E-state index in [2.05, 4.69) is 5.32 Å². The molecule has 2 rings (SSSR count). The summed E-state index contributed by atoms with van der Waals surface area (Å²) in [7, 11) is -3.48. The molecule has 116 valence electrons. The van der Waals surface area contributed by atoms with Crippen molar-refractivity contribution >= 4 is 21.6 Å². The minimum absolute atomic E-state index is 0.211. The Kier molecular flexibility index (Phi) is 5.33. The molecule has 1 saturated heterocycles. The molecule has 1 amide bonds. The van der Waals surface area contributed by atoms with Crippen molar-refractivity contribution < 1.29 is 13.2 Å². The highest BCUT2D eigenvalue weighted by molar-refractivity contribution is 7.89. The van der Waals surface area contributed by atoms with Gasteiger partial charge in [-0.1, -0.05) is 12.5 Å². The van der Waals surface area contributed by atoms with Crippen molar-refractivity contribution in [2.75, 3.05) is 25.0 Å². The number of nitrogens with one attached hydrogen (secondary N) is 1. The molecule has 3 N–H and O–H groups in total. The quantitative estimate of drug-likeness (QED) is 0.853. The zero-order valence-corrected chi connectivity index (χ0v) is 12.7. The van der Waals surface area contributed by atoms with Crippen LogP contribution in [-0.2, 0) is 14.8 Å². The first-order valence-corrected chi connectivity index (χ1v) is 8.58. The topological polar surface area (TPSA) is 92.5 Å². The highest BCUT2D eigenvalue weighted by atomic mass is 32.2. The van der Waals surface area contributed by atoms with E-state index in [-0.39, 0.29) is 23.8 Å². The van der Waals surface area contributed by atoms with Crippen LogP contribution in [0.3, 0.4) is 0 Å². The molecule has 21 heavy (non-hydrogen) atoms. The van der Waals surface area contributed by atoms with Crippen LogP contribution in [0.5, 0.6) is 0 Å². The molecule has 1 heterocycles.